The standard InChI is InChI=1S/C62H107O11P/c1-4-7-10-13-16-19-21-23-25-27-29-31-33-35-37-40-42-45-48-51-60(64)69-55-59(57-71-74(67,68)70-56-58(54-63)72-61(65)52-49-46-43-39-18-15-12-9-6-3)73-62(66)53-50-47-44-41-38-36-34-32-30-28-26-24-22-20-17-14-11-8-5-2/h7,10,16-17,19-20,23-26,29-32,58-59,63H,4-6,8-9,11-15,18,21-22,27-28,33-57H2,1-3H3,(H,67,68)/b10-7-,19-16-,20-17-,25-23-,26-24-,31-29-,32-30-. The highest BCUT2D eigenvalue weighted by atomic mass is 31.2. The lowest BCUT2D eigenvalue weighted by Gasteiger charge is -2.21. The van der Waals surface area contributed by atoms with E-state index in [1.165, 1.54) is 57.8 Å². The SMILES string of the molecule is CC/C=C\C/C=C\C/C=C\C/C=C\CCCCCCCCC(=O)OCC(COP(=O)(O)OCC(CO)OC(=O)CCCCCCCCCCC)OC(=O)CCCCCCCC/C=C\C/C=C\C/C=C\CCCCC. The number of ether oxygens (including phenoxy) is 3. The molecule has 3 atom stereocenters. The van der Waals surface area contributed by atoms with Crippen LogP contribution in [-0.4, -0.2) is 66.5 Å². The molecule has 12 heteroatoms. The van der Waals surface area contributed by atoms with Gasteiger partial charge in [-0.3, -0.25) is 23.4 Å². The highest BCUT2D eigenvalue weighted by Gasteiger charge is 2.28. The van der Waals surface area contributed by atoms with E-state index >= 15 is 0 Å². The number of allylic oxidation sites excluding steroid dienone is 14. The van der Waals surface area contributed by atoms with Crippen molar-refractivity contribution >= 4 is 25.7 Å². The Morgan fingerprint density at radius 1 is 0.392 bits per heavy atom. The Labute approximate surface area is 451 Å². The second-order valence-corrected chi connectivity index (χ2v) is 20.9. The molecule has 0 aliphatic heterocycles. The molecule has 0 amide bonds. The summed E-state index contributed by atoms with van der Waals surface area (Å²) < 4.78 is 39.5. The lowest BCUT2D eigenvalue weighted by Crippen LogP contribution is -2.30. The van der Waals surface area contributed by atoms with Crippen LogP contribution in [0.5, 0.6) is 0 Å². The van der Waals surface area contributed by atoms with Gasteiger partial charge < -0.3 is 24.2 Å². The van der Waals surface area contributed by atoms with Crippen LogP contribution in [0.2, 0.25) is 0 Å². The summed E-state index contributed by atoms with van der Waals surface area (Å²) in [6, 6.07) is 0. The Kier molecular flexibility index (Phi) is 53.4. The Morgan fingerprint density at radius 2 is 0.703 bits per heavy atom. The number of aliphatic hydroxyl groups excluding tert-OH is 1. The van der Waals surface area contributed by atoms with Crippen molar-refractivity contribution in [2.24, 2.45) is 0 Å². The van der Waals surface area contributed by atoms with Crippen LogP contribution < -0.4 is 0 Å². The zero-order chi connectivity index (χ0) is 54.1. The Balaban J connectivity index is 4.76. The van der Waals surface area contributed by atoms with E-state index in [0.717, 1.165) is 135 Å². The predicted molar refractivity (Wildman–Crippen MR) is 307 cm³/mol. The van der Waals surface area contributed by atoms with E-state index in [2.05, 4.69) is 106 Å². The van der Waals surface area contributed by atoms with Gasteiger partial charge in [0.05, 0.1) is 19.8 Å². The highest BCUT2D eigenvalue weighted by molar-refractivity contribution is 7.47. The van der Waals surface area contributed by atoms with Gasteiger partial charge in [0.25, 0.3) is 0 Å². The van der Waals surface area contributed by atoms with Crippen molar-refractivity contribution < 1.29 is 52.2 Å². The first-order chi connectivity index (χ1) is 36.2. The number of hydrogen-bond donors (Lipinski definition) is 2. The minimum Gasteiger partial charge on any atom is -0.462 e. The third kappa shape index (κ3) is 53.5. The monoisotopic (exact) mass is 1060 g/mol. The summed E-state index contributed by atoms with van der Waals surface area (Å²) in [6.45, 7) is 4.46. The molecule has 0 fully saturated rings. The molecule has 74 heavy (non-hydrogen) atoms. The fourth-order valence-electron chi connectivity index (χ4n) is 7.82. The minimum absolute atomic E-state index is 0.147. The molecule has 0 aromatic rings. The predicted octanol–water partition coefficient (Wildman–Crippen LogP) is 17.5. The van der Waals surface area contributed by atoms with E-state index < -0.39 is 57.8 Å². The van der Waals surface area contributed by atoms with Crippen LogP contribution in [0.3, 0.4) is 0 Å². The summed E-state index contributed by atoms with van der Waals surface area (Å²) in [5.41, 5.74) is 0. The molecule has 0 spiro atoms. The lowest BCUT2D eigenvalue weighted by molar-refractivity contribution is -0.161. The molecule has 0 saturated heterocycles. The van der Waals surface area contributed by atoms with E-state index in [4.69, 9.17) is 23.3 Å². The number of carbonyl (C=O) groups is 3. The van der Waals surface area contributed by atoms with Crippen LogP contribution in [0.15, 0.2) is 85.1 Å². The van der Waals surface area contributed by atoms with Gasteiger partial charge in [-0.25, -0.2) is 4.57 Å². The largest absolute Gasteiger partial charge is 0.472 e. The van der Waals surface area contributed by atoms with Gasteiger partial charge >= 0.3 is 25.7 Å². The molecule has 0 aromatic heterocycles. The second kappa shape index (κ2) is 55.9. The minimum atomic E-state index is -4.75. The second-order valence-electron chi connectivity index (χ2n) is 19.4. The Bertz CT molecular complexity index is 1560. The van der Waals surface area contributed by atoms with Gasteiger partial charge in [-0.2, -0.15) is 0 Å². The number of carbonyl (C=O) groups excluding carboxylic acids is 3. The number of esters is 3. The van der Waals surface area contributed by atoms with Crippen molar-refractivity contribution in [3.8, 4) is 0 Å². The zero-order valence-electron chi connectivity index (χ0n) is 47.0. The molecular weight excluding hydrogens is 952 g/mol. The van der Waals surface area contributed by atoms with Crippen LogP contribution in [0.4, 0.5) is 0 Å². The van der Waals surface area contributed by atoms with Crippen molar-refractivity contribution in [2.75, 3.05) is 26.4 Å². The molecule has 0 rings (SSSR count). The van der Waals surface area contributed by atoms with Crippen LogP contribution in [-0.2, 0) is 42.2 Å². The number of rotatable bonds is 54. The third-order valence-electron chi connectivity index (χ3n) is 12.3. The maximum Gasteiger partial charge on any atom is 0.472 e. The molecule has 0 aromatic carbocycles. The van der Waals surface area contributed by atoms with Gasteiger partial charge in [0.2, 0.25) is 0 Å². The Hall–Kier alpha value is -3.34. The third-order valence-corrected chi connectivity index (χ3v) is 13.3. The number of phosphoric ester groups is 1. The normalized spacial score (nSPS) is 14.0. The molecule has 0 aliphatic rings. The van der Waals surface area contributed by atoms with E-state index in [1.54, 1.807) is 0 Å². The fraction of sp³-hybridized carbons (Fsp3) is 0.726. The number of phosphoric acid groups is 1. The van der Waals surface area contributed by atoms with Crippen LogP contribution >= 0.6 is 7.82 Å². The molecule has 426 valence electrons. The van der Waals surface area contributed by atoms with Crippen molar-refractivity contribution in [3.63, 3.8) is 0 Å². The molecule has 0 aliphatic carbocycles. The smallest absolute Gasteiger partial charge is 0.462 e. The molecule has 2 N–H and O–H groups in total. The molecule has 0 saturated carbocycles. The summed E-state index contributed by atoms with van der Waals surface area (Å²) in [6.07, 6.45) is 64.0. The molecule has 11 nitrogen and oxygen atoms in total. The average molecular weight is 1060 g/mol. The van der Waals surface area contributed by atoms with Crippen molar-refractivity contribution in [1.29, 1.82) is 0 Å². The maximum atomic E-state index is 12.9. The summed E-state index contributed by atoms with van der Waals surface area (Å²) in [7, 11) is -4.75. The van der Waals surface area contributed by atoms with E-state index in [0.29, 0.717) is 19.3 Å². The van der Waals surface area contributed by atoms with E-state index in [-0.39, 0.29) is 25.9 Å². The number of aliphatic hydroxyl groups is 1. The summed E-state index contributed by atoms with van der Waals surface area (Å²) in [4.78, 5) is 48.5. The quantitative estimate of drug-likeness (QED) is 0.0197. The van der Waals surface area contributed by atoms with Crippen LogP contribution in [0, 0.1) is 0 Å². The van der Waals surface area contributed by atoms with Gasteiger partial charge in [0.1, 0.15) is 12.7 Å². The average Bonchev–Trinajstić information content (AvgIpc) is 3.39. The number of hydrogen-bond acceptors (Lipinski definition) is 10. The van der Waals surface area contributed by atoms with Crippen LogP contribution in [0.1, 0.15) is 252 Å². The van der Waals surface area contributed by atoms with Crippen LogP contribution in [0.25, 0.3) is 0 Å². The van der Waals surface area contributed by atoms with Gasteiger partial charge in [-0.05, 0) is 96.3 Å². The topological polar surface area (TPSA) is 155 Å². The molecule has 0 heterocycles. The first kappa shape index (κ1) is 70.7. The molecule has 0 bridgehead atoms. The zero-order valence-corrected chi connectivity index (χ0v) is 47.9. The van der Waals surface area contributed by atoms with Gasteiger partial charge in [0, 0.05) is 19.3 Å². The van der Waals surface area contributed by atoms with E-state index in [1.807, 2.05) is 0 Å². The first-order valence-corrected chi connectivity index (χ1v) is 31.0. The van der Waals surface area contributed by atoms with E-state index in [9.17, 15) is 28.9 Å². The maximum absolute atomic E-state index is 12.9. The van der Waals surface area contributed by atoms with Gasteiger partial charge in [-0.1, -0.05) is 221 Å². The number of unbranched alkanes of at least 4 members (excludes halogenated alkanes) is 23. The lowest BCUT2D eigenvalue weighted by atomic mass is 10.1. The molecule has 0 radical (unpaired) electrons. The van der Waals surface area contributed by atoms with Gasteiger partial charge in [-0.15, -0.1) is 0 Å². The Morgan fingerprint density at radius 3 is 1.11 bits per heavy atom. The van der Waals surface area contributed by atoms with Crippen molar-refractivity contribution in [1.82, 2.24) is 0 Å². The molecular formula is C62H107O11P. The van der Waals surface area contributed by atoms with Crippen molar-refractivity contribution in [2.45, 2.75) is 264 Å². The first-order valence-electron chi connectivity index (χ1n) is 29.5. The summed E-state index contributed by atoms with van der Waals surface area (Å²) in [5, 5.41) is 9.78. The highest BCUT2D eigenvalue weighted by Crippen LogP contribution is 2.43. The van der Waals surface area contributed by atoms with Gasteiger partial charge in [0.15, 0.2) is 6.10 Å². The molecule has 3 unspecified atom stereocenters. The summed E-state index contributed by atoms with van der Waals surface area (Å²) in [5.74, 6) is -1.50. The summed E-state index contributed by atoms with van der Waals surface area (Å²) >= 11 is 0. The fourth-order valence-corrected chi connectivity index (χ4v) is 8.61. The van der Waals surface area contributed by atoms with Crippen molar-refractivity contribution in [3.05, 3.63) is 85.1 Å².